The van der Waals surface area contributed by atoms with E-state index in [1.54, 1.807) is 0 Å². The number of benzene rings is 1. The third kappa shape index (κ3) is 3.69. The van der Waals surface area contributed by atoms with E-state index in [1.807, 2.05) is 0 Å². The maximum absolute atomic E-state index is 13.7. The highest BCUT2D eigenvalue weighted by molar-refractivity contribution is 7.89. The molecule has 0 saturated carbocycles. The number of amides is 1. The Labute approximate surface area is 160 Å². The third-order valence-corrected chi connectivity index (χ3v) is 5.58. The molecule has 3 rings (SSSR count). The summed E-state index contributed by atoms with van der Waals surface area (Å²) in [4.78, 5) is 24.0. The molecule has 8 nitrogen and oxygen atoms in total. The molecule has 148 valence electrons. The second-order valence-electron chi connectivity index (χ2n) is 6.31. The van der Waals surface area contributed by atoms with E-state index < -0.39 is 34.0 Å². The summed E-state index contributed by atoms with van der Waals surface area (Å²) in [5.74, 6) is -1.10. The van der Waals surface area contributed by atoms with Gasteiger partial charge in [-0.3, -0.25) is 9.69 Å². The van der Waals surface area contributed by atoms with Crippen LogP contribution in [0, 0.1) is 0 Å². The van der Waals surface area contributed by atoms with Crippen molar-refractivity contribution in [2.45, 2.75) is 23.8 Å². The minimum atomic E-state index is -4.09. The van der Waals surface area contributed by atoms with Crippen LogP contribution in [0.25, 0.3) is 5.57 Å². The lowest BCUT2D eigenvalue weighted by Crippen LogP contribution is -2.33. The van der Waals surface area contributed by atoms with Gasteiger partial charge in [0.15, 0.2) is 0 Å². The summed E-state index contributed by atoms with van der Waals surface area (Å²) in [6.07, 6.45) is 2.45. The molecular formula is C18H17FN2O6S. The highest BCUT2D eigenvalue weighted by atomic mass is 32.2. The van der Waals surface area contributed by atoms with Gasteiger partial charge in [0.25, 0.3) is 0 Å². The normalized spacial score (nSPS) is 18.8. The largest absolute Gasteiger partial charge is 0.469 e. The van der Waals surface area contributed by atoms with Crippen LogP contribution in [-0.4, -0.2) is 43.6 Å². The van der Waals surface area contributed by atoms with Gasteiger partial charge in [-0.25, -0.2) is 22.7 Å². The molecule has 1 aliphatic carbocycles. The number of rotatable bonds is 4. The summed E-state index contributed by atoms with van der Waals surface area (Å²) in [5, 5.41) is 14.6. The summed E-state index contributed by atoms with van der Waals surface area (Å²) < 4.78 is 41.9. The molecule has 28 heavy (non-hydrogen) atoms. The number of ether oxygens (including phenoxy) is 1. The van der Waals surface area contributed by atoms with Crippen molar-refractivity contribution >= 4 is 27.7 Å². The van der Waals surface area contributed by atoms with E-state index >= 15 is 0 Å². The number of nitrogens with zero attached hydrogens (tertiary/aromatic N) is 1. The number of fused-ring (bicyclic) bond motifs is 1. The summed E-state index contributed by atoms with van der Waals surface area (Å²) in [5.41, 5.74) is 1.66. The SMILES string of the molecule is COC(=O)Cc1cc(C2=CN(C(=O)O)C3CC(F)=CC=C23)ccc1S(N)(=O)=O. The van der Waals surface area contributed by atoms with Gasteiger partial charge >= 0.3 is 12.1 Å². The third-order valence-electron chi connectivity index (χ3n) is 4.57. The average Bonchev–Trinajstić information content (AvgIpc) is 2.99. The first-order valence-electron chi connectivity index (χ1n) is 8.14. The molecule has 0 spiro atoms. The number of carbonyl (C=O) groups excluding carboxylic acids is 1. The highest BCUT2D eigenvalue weighted by Gasteiger charge is 2.36. The van der Waals surface area contributed by atoms with Gasteiger partial charge in [-0.05, 0) is 34.9 Å². The molecule has 0 radical (unpaired) electrons. The Kier molecular flexibility index (Phi) is 5.09. The first-order chi connectivity index (χ1) is 13.1. The molecule has 10 heteroatoms. The van der Waals surface area contributed by atoms with Crippen LogP contribution in [-0.2, 0) is 26.0 Å². The number of primary sulfonamides is 1. The number of methoxy groups -OCH3 is 1. The molecule has 1 amide bonds. The van der Waals surface area contributed by atoms with Gasteiger partial charge in [0.1, 0.15) is 5.83 Å². The monoisotopic (exact) mass is 408 g/mol. The van der Waals surface area contributed by atoms with E-state index in [1.165, 1.54) is 43.7 Å². The van der Waals surface area contributed by atoms with Crippen LogP contribution in [0.1, 0.15) is 17.5 Å². The number of carbonyl (C=O) groups is 2. The fraction of sp³-hybridized carbons (Fsp3) is 0.222. The Morgan fingerprint density at radius 2 is 2.07 bits per heavy atom. The van der Waals surface area contributed by atoms with Crippen LogP contribution < -0.4 is 5.14 Å². The lowest BCUT2D eigenvalue weighted by Gasteiger charge is -2.23. The maximum Gasteiger partial charge on any atom is 0.411 e. The molecule has 2 aliphatic rings. The molecule has 1 heterocycles. The van der Waals surface area contributed by atoms with Gasteiger partial charge in [-0.1, -0.05) is 12.1 Å². The Bertz CT molecular complexity index is 1060. The summed E-state index contributed by atoms with van der Waals surface area (Å²) >= 11 is 0. The topological polar surface area (TPSA) is 127 Å². The van der Waals surface area contributed by atoms with Gasteiger partial charge in [-0.2, -0.15) is 0 Å². The number of hydrogen-bond donors (Lipinski definition) is 2. The first kappa shape index (κ1) is 19.8. The minimum Gasteiger partial charge on any atom is -0.469 e. The van der Waals surface area contributed by atoms with Gasteiger partial charge in [0.05, 0.1) is 24.5 Å². The van der Waals surface area contributed by atoms with Crippen molar-refractivity contribution in [2.75, 3.05) is 7.11 Å². The number of carboxylic acid groups (broad SMARTS) is 1. The van der Waals surface area contributed by atoms with Crippen LogP contribution in [0.15, 0.2) is 52.8 Å². The zero-order chi connectivity index (χ0) is 20.6. The second kappa shape index (κ2) is 7.21. The minimum absolute atomic E-state index is 0.0948. The van der Waals surface area contributed by atoms with E-state index in [0.29, 0.717) is 16.7 Å². The van der Waals surface area contributed by atoms with Gasteiger partial charge in [-0.15, -0.1) is 0 Å². The van der Waals surface area contributed by atoms with Crippen LogP contribution in [0.2, 0.25) is 0 Å². The molecule has 0 bridgehead atoms. The molecular weight excluding hydrogens is 391 g/mol. The summed E-state index contributed by atoms with van der Waals surface area (Å²) in [7, 11) is -2.92. The number of sulfonamides is 1. The van der Waals surface area contributed by atoms with Crippen LogP contribution in [0.3, 0.4) is 0 Å². The van der Waals surface area contributed by atoms with E-state index in [-0.39, 0.29) is 23.3 Å². The molecule has 1 unspecified atom stereocenters. The molecule has 1 aliphatic heterocycles. The number of esters is 1. The van der Waals surface area contributed by atoms with Crippen LogP contribution in [0.5, 0.6) is 0 Å². The standard InChI is InChI=1S/C18H17FN2O6S/c1-27-17(22)7-11-6-10(2-5-16(11)28(20,25)26)14-9-21(18(23)24)15-8-12(19)3-4-13(14)15/h2-6,9,15H,7-8H2,1H3,(H,23,24)(H2,20,25,26). The number of halogens is 1. The second-order valence-corrected chi connectivity index (χ2v) is 7.84. The van der Waals surface area contributed by atoms with Crippen LogP contribution in [0.4, 0.5) is 9.18 Å². The Hall–Kier alpha value is -2.98. The summed E-state index contributed by atoms with van der Waals surface area (Å²) in [6.45, 7) is 0. The molecule has 0 fully saturated rings. The average molecular weight is 408 g/mol. The number of nitrogens with two attached hydrogens (primary N) is 1. The molecule has 1 atom stereocenters. The molecule has 0 aromatic heterocycles. The van der Waals surface area contributed by atoms with Crippen molar-refractivity contribution in [1.29, 1.82) is 0 Å². The Balaban J connectivity index is 2.12. The molecule has 1 aromatic carbocycles. The zero-order valence-electron chi connectivity index (χ0n) is 14.8. The number of allylic oxidation sites excluding steroid dienone is 2. The van der Waals surface area contributed by atoms with Crippen molar-refractivity contribution in [3.8, 4) is 0 Å². The molecule has 1 aromatic rings. The van der Waals surface area contributed by atoms with E-state index in [9.17, 15) is 27.5 Å². The molecule has 3 N–H and O–H groups in total. The predicted octanol–water partition coefficient (Wildman–Crippen LogP) is 1.94. The Morgan fingerprint density at radius 1 is 1.36 bits per heavy atom. The van der Waals surface area contributed by atoms with Crippen molar-refractivity contribution < 1.29 is 32.2 Å². The van der Waals surface area contributed by atoms with E-state index in [4.69, 9.17) is 5.14 Å². The van der Waals surface area contributed by atoms with Crippen molar-refractivity contribution in [3.05, 3.63) is 59.1 Å². The lowest BCUT2D eigenvalue weighted by atomic mass is 9.90. The van der Waals surface area contributed by atoms with Gasteiger partial charge < -0.3 is 9.84 Å². The van der Waals surface area contributed by atoms with Crippen LogP contribution >= 0.6 is 0 Å². The van der Waals surface area contributed by atoms with E-state index in [0.717, 1.165) is 4.90 Å². The quantitative estimate of drug-likeness (QED) is 0.733. The number of hydrogen-bond acceptors (Lipinski definition) is 5. The Morgan fingerprint density at radius 3 is 2.68 bits per heavy atom. The first-order valence-corrected chi connectivity index (χ1v) is 9.69. The van der Waals surface area contributed by atoms with Crippen molar-refractivity contribution in [3.63, 3.8) is 0 Å². The fourth-order valence-electron chi connectivity index (χ4n) is 3.30. The van der Waals surface area contributed by atoms with Crippen molar-refractivity contribution in [1.82, 2.24) is 4.90 Å². The maximum atomic E-state index is 13.7. The van der Waals surface area contributed by atoms with Gasteiger partial charge in [0, 0.05) is 18.2 Å². The lowest BCUT2D eigenvalue weighted by molar-refractivity contribution is -0.139. The molecule has 0 saturated heterocycles. The smallest absolute Gasteiger partial charge is 0.411 e. The van der Waals surface area contributed by atoms with Crippen molar-refractivity contribution in [2.24, 2.45) is 5.14 Å². The van der Waals surface area contributed by atoms with Gasteiger partial charge in [0.2, 0.25) is 10.0 Å². The van der Waals surface area contributed by atoms with E-state index in [2.05, 4.69) is 4.74 Å². The zero-order valence-corrected chi connectivity index (χ0v) is 15.6. The fourth-order valence-corrected chi connectivity index (χ4v) is 4.05. The predicted molar refractivity (Wildman–Crippen MR) is 97.1 cm³/mol. The summed E-state index contributed by atoms with van der Waals surface area (Å²) in [6, 6.07) is 3.45. The highest BCUT2D eigenvalue weighted by Crippen LogP contribution is 2.40.